The highest BCUT2D eigenvalue weighted by molar-refractivity contribution is 7.22. The molecular formula is C20H19ClN4O3S. The average molecular weight is 431 g/mol. The molecule has 0 spiro atoms. The number of rotatable bonds is 3. The van der Waals surface area contributed by atoms with Gasteiger partial charge in [-0.25, -0.2) is 4.98 Å². The third-order valence-corrected chi connectivity index (χ3v) is 6.71. The van der Waals surface area contributed by atoms with E-state index in [1.54, 1.807) is 16.2 Å². The highest BCUT2D eigenvalue weighted by Gasteiger charge is 2.26. The Morgan fingerprint density at radius 1 is 1.17 bits per heavy atom. The fourth-order valence-electron chi connectivity index (χ4n) is 3.41. The van der Waals surface area contributed by atoms with E-state index in [1.807, 2.05) is 0 Å². The number of nitrogens with zero attached hydrogens (tertiary/aromatic N) is 4. The molecule has 2 heterocycles. The number of carbonyl (C=O) groups excluding carboxylic acids is 1. The molecule has 150 valence electrons. The molecule has 7 nitrogen and oxygen atoms in total. The molecule has 1 fully saturated rings. The number of non-ortho nitro benzene ring substituents is 1. The Labute approximate surface area is 176 Å². The topological polar surface area (TPSA) is 79.6 Å². The summed E-state index contributed by atoms with van der Waals surface area (Å²) in [5.41, 5.74) is 3.47. The van der Waals surface area contributed by atoms with Gasteiger partial charge >= 0.3 is 0 Å². The summed E-state index contributed by atoms with van der Waals surface area (Å²) in [6, 6.07) is 8.15. The summed E-state index contributed by atoms with van der Waals surface area (Å²) in [6.07, 6.45) is 0. The Hall–Kier alpha value is -2.71. The second-order valence-electron chi connectivity index (χ2n) is 7.05. The van der Waals surface area contributed by atoms with Gasteiger partial charge < -0.3 is 9.80 Å². The third-order valence-electron chi connectivity index (χ3n) is 5.30. The standard InChI is InChI=1S/C20H19ClN4O3S/c1-12-3-6-17-18(13(12)2)22-20(29-17)24-9-7-23(8-10-24)19(26)15-11-14(25(27)28)4-5-16(15)21/h3-6,11H,7-10H2,1-2H3. The summed E-state index contributed by atoms with van der Waals surface area (Å²) < 4.78 is 1.16. The first-order chi connectivity index (χ1) is 13.8. The normalized spacial score (nSPS) is 14.4. The Morgan fingerprint density at radius 2 is 1.90 bits per heavy atom. The van der Waals surface area contributed by atoms with Crippen molar-refractivity contribution in [2.24, 2.45) is 0 Å². The number of aromatic nitrogens is 1. The maximum absolute atomic E-state index is 12.8. The maximum atomic E-state index is 12.8. The van der Waals surface area contributed by atoms with Crippen LogP contribution < -0.4 is 4.90 Å². The lowest BCUT2D eigenvalue weighted by atomic mass is 10.1. The molecule has 29 heavy (non-hydrogen) atoms. The van der Waals surface area contributed by atoms with Crippen molar-refractivity contribution >= 4 is 49.9 Å². The van der Waals surface area contributed by atoms with Crippen LogP contribution in [0.5, 0.6) is 0 Å². The van der Waals surface area contributed by atoms with Crippen LogP contribution in [0.4, 0.5) is 10.8 Å². The number of hydrogen-bond acceptors (Lipinski definition) is 6. The predicted octanol–water partition coefficient (Wildman–Crippen LogP) is 4.44. The Bertz CT molecular complexity index is 1120. The highest BCUT2D eigenvalue weighted by atomic mass is 35.5. The van der Waals surface area contributed by atoms with Crippen LogP contribution in [0.15, 0.2) is 30.3 Å². The lowest BCUT2D eigenvalue weighted by Crippen LogP contribution is -2.48. The van der Waals surface area contributed by atoms with Gasteiger partial charge in [0, 0.05) is 38.3 Å². The van der Waals surface area contributed by atoms with Crippen molar-refractivity contribution in [3.05, 3.63) is 62.2 Å². The van der Waals surface area contributed by atoms with Crippen LogP contribution in [-0.4, -0.2) is 46.9 Å². The first-order valence-electron chi connectivity index (χ1n) is 9.20. The largest absolute Gasteiger partial charge is 0.345 e. The molecule has 4 rings (SSSR count). The number of anilines is 1. The van der Waals surface area contributed by atoms with E-state index in [4.69, 9.17) is 16.6 Å². The number of amides is 1. The second-order valence-corrected chi connectivity index (χ2v) is 8.47. The van der Waals surface area contributed by atoms with Crippen molar-refractivity contribution in [2.45, 2.75) is 13.8 Å². The van der Waals surface area contributed by atoms with Crippen LogP contribution in [0.1, 0.15) is 21.5 Å². The van der Waals surface area contributed by atoms with Crippen molar-refractivity contribution in [1.82, 2.24) is 9.88 Å². The summed E-state index contributed by atoms with van der Waals surface area (Å²) in [4.78, 5) is 32.0. The minimum atomic E-state index is -0.526. The number of benzene rings is 2. The minimum Gasteiger partial charge on any atom is -0.345 e. The number of halogens is 1. The van der Waals surface area contributed by atoms with Crippen LogP contribution in [0.2, 0.25) is 5.02 Å². The van der Waals surface area contributed by atoms with E-state index in [9.17, 15) is 14.9 Å². The van der Waals surface area contributed by atoms with E-state index >= 15 is 0 Å². The zero-order chi connectivity index (χ0) is 20.7. The summed E-state index contributed by atoms with van der Waals surface area (Å²) in [5.74, 6) is -0.283. The van der Waals surface area contributed by atoms with E-state index in [-0.39, 0.29) is 22.2 Å². The van der Waals surface area contributed by atoms with Gasteiger partial charge in [-0.05, 0) is 37.1 Å². The van der Waals surface area contributed by atoms with Crippen molar-refractivity contribution in [3.63, 3.8) is 0 Å². The van der Waals surface area contributed by atoms with Gasteiger partial charge in [0.25, 0.3) is 11.6 Å². The van der Waals surface area contributed by atoms with Crippen molar-refractivity contribution in [2.75, 3.05) is 31.1 Å². The summed E-state index contributed by atoms with van der Waals surface area (Å²) >= 11 is 7.78. The molecule has 1 aliphatic rings. The quantitative estimate of drug-likeness (QED) is 0.453. The van der Waals surface area contributed by atoms with E-state index in [2.05, 4.69) is 30.9 Å². The smallest absolute Gasteiger partial charge is 0.270 e. The number of fused-ring (bicyclic) bond motifs is 1. The molecule has 0 atom stereocenters. The molecule has 0 radical (unpaired) electrons. The molecule has 0 aliphatic carbocycles. The number of aryl methyl sites for hydroxylation is 2. The fourth-order valence-corrected chi connectivity index (χ4v) is 4.69. The van der Waals surface area contributed by atoms with Gasteiger partial charge in [-0.1, -0.05) is 29.0 Å². The highest BCUT2D eigenvalue weighted by Crippen LogP contribution is 2.32. The van der Waals surface area contributed by atoms with Crippen LogP contribution in [0.3, 0.4) is 0 Å². The maximum Gasteiger partial charge on any atom is 0.270 e. The average Bonchev–Trinajstić information content (AvgIpc) is 3.16. The number of hydrogen-bond donors (Lipinski definition) is 0. The third kappa shape index (κ3) is 3.65. The van der Waals surface area contributed by atoms with Crippen LogP contribution in [0, 0.1) is 24.0 Å². The van der Waals surface area contributed by atoms with Gasteiger partial charge in [0.1, 0.15) is 0 Å². The van der Waals surface area contributed by atoms with Gasteiger partial charge in [-0.15, -0.1) is 0 Å². The lowest BCUT2D eigenvalue weighted by Gasteiger charge is -2.34. The minimum absolute atomic E-state index is 0.142. The zero-order valence-electron chi connectivity index (χ0n) is 16.0. The predicted molar refractivity (Wildman–Crippen MR) is 115 cm³/mol. The second kappa shape index (κ2) is 7.61. The Kier molecular flexibility index (Phi) is 5.14. The van der Waals surface area contributed by atoms with Crippen molar-refractivity contribution < 1.29 is 9.72 Å². The molecule has 0 bridgehead atoms. The van der Waals surface area contributed by atoms with Gasteiger partial charge in [-0.2, -0.15) is 0 Å². The SMILES string of the molecule is Cc1ccc2sc(N3CCN(C(=O)c4cc([N+](=O)[O-])ccc4Cl)CC3)nc2c1C. The fraction of sp³-hybridized carbons (Fsp3) is 0.300. The molecule has 1 amide bonds. The van der Waals surface area contributed by atoms with Crippen LogP contribution in [-0.2, 0) is 0 Å². The molecule has 1 aliphatic heterocycles. The molecule has 0 saturated carbocycles. The van der Waals surface area contributed by atoms with Crippen LogP contribution >= 0.6 is 22.9 Å². The summed E-state index contributed by atoms with van der Waals surface area (Å²) in [6.45, 7) is 6.47. The number of nitro benzene ring substituents is 1. The van der Waals surface area contributed by atoms with Gasteiger partial charge in [0.2, 0.25) is 0 Å². The number of thiazole rings is 1. The Morgan fingerprint density at radius 3 is 2.59 bits per heavy atom. The Balaban J connectivity index is 1.50. The number of piperazine rings is 1. The first kappa shape index (κ1) is 19.6. The van der Waals surface area contributed by atoms with E-state index in [1.165, 1.54) is 29.3 Å². The van der Waals surface area contributed by atoms with Crippen molar-refractivity contribution in [1.29, 1.82) is 0 Å². The van der Waals surface area contributed by atoms with Gasteiger partial charge in [0.15, 0.2) is 5.13 Å². The number of carbonyl (C=O) groups is 1. The van der Waals surface area contributed by atoms with Gasteiger partial charge in [-0.3, -0.25) is 14.9 Å². The zero-order valence-corrected chi connectivity index (χ0v) is 17.6. The molecule has 0 N–H and O–H groups in total. The molecule has 3 aromatic rings. The van der Waals surface area contributed by atoms with E-state index < -0.39 is 4.92 Å². The molecule has 0 unspecified atom stereocenters. The van der Waals surface area contributed by atoms with Crippen molar-refractivity contribution in [3.8, 4) is 0 Å². The lowest BCUT2D eigenvalue weighted by molar-refractivity contribution is -0.384. The number of nitro groups is 1. The molecule has 1 saturated heterocycles. The van der Waals surface area contributed by atoms with E-state index in [0.29, 0.717) is 26.2 Å². The monoisotopic (exact) mass is 430 g/mol. The van der Waals surface area contributed by atoms with Gasteiger partial charge in [0.05, 0.1) is 25.7 Å². The summed E-state index contributed by atoms with van der Waals surface area (Å²) in [7, 11) is 0. The summed E-state index contributed by atoms with van der Waals surface area (Å²) in [5, 5.41) is 12.2. The molecular weight excluding hydrogens is 412 g/mol. The van der Waals surface area contributed by atoms with Crippen LogP contribution in [0.25, 0.3) is 10.2 Å². The molecule has 9 heteroatoms. The molecule has 2 aromatic carbocycles. The van der Waals surface area contributed by atoms with E-state index in [0.717, 1.165) is 15.3 Å². The first-order valence-corrected chi connectivity index (χ1v) is 10.4. The molecule has 1 aromatic heterocycles.